The number of aryl methyl sites for hydroxylation is 2. The van der Waals surface area contributed by atoms with Gasteiger partial charge in [-0.15, -0.1) is 0 Å². The first-order valence-corrected chi connectivity index (χ1v) is 10.2. The summed E-state index contributed by atoms with van der Waals surface area (Å²) in [6.45, 7) is 4.42. The van der Waals surface area contributed by atoms with Gasteiger partial charge in [-0.05, 0) is 61.7 Å². The van der Waals surface area contributed by atoms with Crippen molar-refractivity contribution in [3.8, 4) is 11.1 Å². The largest absolute Gasteiger partial charge is 0.397 e. The van der Waals surface area contributed by atoms with Crippen LogP contribution in [0.4, 0.5) is 11.4 Å². The molecule has 0 radical (unpaired) electrons. The summed E-state index contributed by atoms with van der Waals surface area (Å²) in [5, 5.41) is 19.9. The number of hydrogen-bond donors (Lipinski definition) is 3. The van der Waals surface area contributed by atoms with Crippen LogP contribution in [0.1, 0.15) is 34.0 Å². The summed E-state index contributed by atoms with van der Waals surface area (Å²) in [4.78, 5) is 9.13. The van der Waals surface area contributed by atoms with Gasteiger partial charge in [0, 0.05) is 30.1 Å². The first kappa shape index (κ1) is 19.3. The van der Waals surface area contributed by atoms with Crippen molar-refractivity contribution in [3.63, 3.8) is 0 Å². The summed E-state index contributed by atoms with van der Waals surface area (Å²) in [6.07, 6.45) is 4.06. The van der Waals surface area contributed by atoms with E-state index >= 15 is 0 Å². The average molecular weight is 413 g/mol. The second-order valence-electron chi connectivity index (χ2n) is 7.80. The minimum absolute atomic E-state index is 0.482. The number of fused-ring (bicyclic) bond motifs is 2. The molecule has 1 atom stereocenters. The van der Waals surface area contributed by atoms with E-state index < -0.39 is 5.60 Å². The molecule has 7 heteroatoms. The van der Waals surface area contributed by atoms with Gasteiger partial charge in [-0.3, -0.25) is 9.97 Å². The molecule has 0 spiro atoms. The lowest BCUT2D eigenvalue weighted by atomic mass is 9.80. The Morgan fingerprint density at radius 2 is 1.94 bits per heavy atom. The molecule has 0 saturated heterocycles. The van der Waals surface area contributed by atoms with Crippen molar-refractivity contribution in [3.05, 3.63) is 88.8 Å². The monoisotopic (exact) mass is 413 g/mol. The fraction of sp³-hybridized carbons (Fsp3) is 0.208. The number of benzene rings is 1. The minimum Gasteiger partial charge on any atom is -0.397 e. The average Bonchev–Trinajstić information content (AvgIpc) is 3.12. The lowest BCUT2D eigenvalue weighted by Gasteiger charge is -2.34. The van der Waals surface area contributed by atoms with Gasteiger partial charge in [0.15, 0.2) is 5.60 Å². The second kappa shape index (κ2) is 7.21. The van der Waals surface area contributed by atoms with E-state index in [4.69, 9.17) is 10.3 Å². The Bertz CT molecular complexity index is 1250. The number of nitrogens with zero attached hydrogens (tertiary/aromatic N) is 3. The smallest absolute Gasteiger partial charge is 0.176 e. The van der Waals surface area contributed by atoms with Crippen LogP contribution in [0.5, 0.6) is 0 Å². The van der Waals surface area contributed by atoms with Crippen LogP contribution < -0.4 is 11.1 Å². The predicted octanol–water partition coefficient (Wildman–Crippen LogP) is 3.58. The molecule has 4 heterocycles. The highest BCUT2D eigenvalue weighted by atomic mass is 16.5. The van der Waals surface area contributed by atoms with Gasteiger partial charge < -0.3 is 20.7 Å². The fourth-order valence-electron chi connectivity index (χ4n) is 4.44. The Balaban J connectivity index is 1.87. The molecule has 4 aromatic rings. The summed E-state index contributed by atoms with van der Waals surface area (Å²) in [7, 11) is 0. The van der Waals surface area contributed by atoms with Crippen LogP contribution in [0.25, 0.3) is 11.1 Å². The molecular formula is C24H23N5O2. The van der Waals surface area contributed by atoms with Gasteiger partial charge in [0.2, 0.25) is 0 Å². The third-order valence-corrected chi connectivity index (χ3v) is 5.85. The number of rotatable bonds is 2. The van der Waals surface area contributed by atoms with Gasteiger partial charge in [0.1, 0.15) is 5.76 Å². The zero-order valence-corrected chi connectivity index (χ0v) is 17.4. The Kier molecular flexibility index (Phi) is 4.48. The molecular weight excluding hydrogens is 390 g/mol. The second-order valence-corrected chi connectivity index (χ2v) is 7.80. The van der Waals surface area contributed by atoms with Gasteiger partial charge in [-0.2, -0.15) is 0 Å². The van der Waals surface area contributed by atoms with E-state index in [0.29, 0.717) is 47.1 Å². The highest BCUT2D eigenvalue weighted by Gasteiger charge is 2.42. The lowest BCUT2D eigenvalue weighted by Crippen LogP contribution is -2.35. The summed E-state index contributed by atoms with van der Waals surface area (Å²) >= 11 is 0. The zero-order chi connectivity index (χ0) is 21.6. The number of nitrogen functional groups attached to an aromatic ring is 1. The maximum Gasteiger partial charge on any atom is 0.176 e. The van der Waals surface area contributed by atoms with Crippen molar-refractivity contribution in [2.45, 2.75) is 25.9 Å². The molecule has 1 aliphatic rings. The molecule has 4 N–H and O–H groups in total. The number of aliphatic hydroxyl groups is 1. The first-order chi connectivity index (χ1) is 15.0. The first-order valence-electron chi connectivity index (χ1n) is 10.2. The van der Waals surface area contributed by atoms with Crippen molar-refractivity contribution >= 4 is 11.4 Å². The third kappa shape index (κ3) is 2.97. The quantitative estimate of drug-likeness (QED) is 0.431. The standard InChI is InChI=1S/C24H23N5O2/c1-14-21(15(2)31-29-14)17-12-18-22(19(25)13-17)27-11-8-16-6-5-10-28-23(16)24(18,30)20-7-3-4-9-26-20/h3-7,9-10,12-13,27,30H,8,11,25H2,1-2H3. The number of nitrogens with one attached hydrogen (secondary N) is 1. The Morgan fingerprint density at radius 3 is 2.68 bits per heavy atom. The molecule has 1 unspecified atom stereocenters. The van der Waals surface area contributed by atoms with E-state index in [2.05, 4.69) is 20.4 Å². The molecule has 0 fully saturated rings. The Morgan fingerprint density at radius 1 is 1.10 bits per heavy atom. The molecule has 1 aliphatic heterocycles. The summed E-state index contributed by atoms with van der Waals surface area (Å²) in [5.41, 5.74) is 11.2. The van der Waals surface area contributed by atoms with E-state index in [1.54, 1.807) is 12.4 Å². The molecule has 7 nitrogen and oxygen atoms in total. The van der Waals surface area contributed by atoms with Crippen LogP contribution in [0, 0.1) is 13.8 Å². The Labute approximate surface area is 180 Å². The van der Waals surface area contributed by atoms with Gasteiger partial charge in [0.25, 0.3) is 0 Å². The topological polar surface area (TPSA) is 110 Å². The summed E-state index contributed by atoms with van der Waals surface area (Å²) in [5.74, 6) is 0.690. The molecule has 5 rings (SSSR count). The molecule has 3 aromatic heterocycles. The molecule has 0 amide bonds. The van der Waals surface area contributed by atoms with Crippen molar-refractivity contribution < 1.29 is 9.63 Å². The van der Waals surface area contributed by atoms with Crippen LogP contribution in [-0.2, 0) is 12.0 Å². The van der Waals surface area contributed by atoms with Crippen LogP contribution in [-0.4, -0.2) is 26.8 Å². The molecule has 31 heavy (non-hydrogen) atoms. The van der Waals surface area contributed by atoms with E-state index in [9.17, 15) is 5.11 Å². The molecule has 0 aliphatic carbocycles. The van der Waals surface area contributed by atoms with E-state index in [1.165, 1.54) is 0 Å². The van der Waals surface area contributed by atoms with E-state index in [-0.39, 0.29) is 0 Å². The fourth-order valence-corrected chi connectivity index (χ4v) is 4.44. The van der Waals surface area contributed by atoms with Gasteiger partial charge in [-0.25, -0.2) is 0 Å². The van der Waals surface area contributed by atoms with E-state index in [1.807, 2.05) is 56.3 Å². The Hall–Kier alpha value is -3.71. The van der Waals surface area contributed by atoms with Gasteiger partial charge in [0.05, 0.1) is 28.5 Å². The number of hydrogen-bond acceptors (Lipinski definition) is 7. The number of pyridine rings is 2. The van der Waals surface area contributed by atoms with Crippen molar-refractivity contribution in [2.75, 3.05) is 17.6 Å². The lowest BCUT2D eigenvalue weighted by molar-refractivity contribution is 0.115. The van der Waals surface area contributed by atoms with Crippen molar-refractivity contribution in [2.24, 2.45) is 0 Å². The normalized spacial score (nSPS) is 17.8. The number of aromatic nitrogens is 3. The van der Waals surface area contributed by atoms with Crippen LogP contribution in [0.3, 0.4) is 0 Å². The van der Waals surface area contributed by atoms with Crippen LogP contribution >= 0.6 is 0 Å². The van der Waals surface area contributed by atoms with Crippen molar-refractivity contribution in [1.29, 1.82) is 0 Å². The van der Waals surface area contributed by atoms with Gasteiger partial charge in [-0.1, -0.05) is 17.3 Å². The predicted molar refractivity (Wildman–Crippen MR) is 119 cm³/mol. The SMILES string of the molecule is Cc1noc(C)c1-c1cc(N)c2c(c1)C(O)(c1ccccn1)c1ncccc1CCN2. The molecule has 1 aromatic carbocycles. The summed E-state index contributed by atoms with van der Waals surface area (Å²) in [6, 6.07) is 13.2. The van der Waals surface area contributed by atoms with E-state index in [0.717, 1.165) is 22.4 Å². The molecule has 156 valence electrons. The molecule has 0 bridgehead atoms. The van der Waals surface area contributed by atoms with Crippen molar-refractivity contribution in [1.82, 2.24) is 15.1 Å². The number of nitrogens with two attached hydrogens (primary N) is 1. The van der Waals surface area contributed by atoms with Crippen LogP contribution in [0.2, 0.25) is 0 Å². The summed E-state index contributed by atoms with van der Waals surface area (Å²) < 4.78 is 5.38. The van der Waals surface area contributed by atoms with Gasteiger partial charge >= 0.3 is 0 Å². The zero-order valence-electron chi connectivity index (χ0n) is 17.4. The van der Waals surface area contributed by atoms with Crippen LogP contribution in [0.15, 0.2) is 59.4 Å². The maximum atomic E-state index is 12.4. The molecule has 0 saturated carbocycles. The highest BCUT2D eigenvalue weighted by Crippen LogP contribution is 2.45. The number of anilines is 2. The minimum atomic E-state index is -1.59. The highest BCUT2D eigenvalue weighted by molar-refractivity contribution is 5.82. The maximum absolute atomic E-state index is 12.4. The third-order valence-electron chi connectivity index (χ3n) is 5.85.